The van der Waals surface area contributed by atoms with Gasteiger partial charge >= 0.3 is 6.18 Å². The van der Waals surface area contributed by atoms with Gasteiger partial charge in [-0.15, -0.1) is 0 Å². The molecule has 2 rings (SSSR count). The summed E-state index contributed by atoms with van der Waals surface area (Å²) in [6, 6.07) is 7.73. The van der Waals surface area contributed by atoms with E-state index in [-0.39, 0.29) is 16.7 Å². The maximum atomic E-state index is 12.6. The van der Waals surface area contributed by atoms with Gasteiger partial charge < -0.3 is 14.8 Å². The van der Waals surface area contributed by atoms with Gasteiger partial charge in [0.15, 0.2) is 0 Å². The first-order valence-corrected chi connectivity index (χ1v) is 10.7. The third kappa shape index (κ3) is 7.64. The molecule has 174 valence electrons. The number of alkyl halides is 3. The van der Waals surface area contributed by atoms with Gasteiger partial charge in [0.2, 0.25) is 0 Å². The Morgan fingerprint density at radius 3 is 2.31 bits per heavy atom. The summed E-state index contributed by atoms with van der Waals surface area (Å²) in [5.41, 5.74) is 1.35. The molecule has 0 heterocycles. The minimum Gasteiger partial charge on any atom is -0.493 e. The second kappa shape index (κ2) is 12.0. The first-order chi connectivity index (χ1) is 15.1. The van der Waals surface area contributed by atoms with Crippen LogP contribution < -0.4 is 14.8 Å². The highest BCUT2D eigenvalue weighted by Crippen LogP contribution is 2.31. The average Bonchev–Trinajstić information content (AvgIpc) is 2.74. The Hall–Kier alpha value is -2.38. The lowest BCUT2D eigenvalue weighted by Gasteiger charge is -2.16. The van der Waals surface area contributed by atoms with Crippen molar-refractivity contribution < 1.29 is 27.4 Å². The number of nitrogens with one attached hydrogen (secondary N) is 1. The quantitative estimate of drug-likeness (QED) is 0.388. The monoisotopic (exact) mass is 489 g/mol. The summed E-state index contributed by atoms with van der Waals surface area (Å²) >= 11 is 11.2. The zero-order valence-corrected chi connectivity index (χ0v) is 19.2. The van der Waals surface area contributed by atoms with E-state index in [9.17, 15) is 18.0 Å². The fourth-order valence-corrected chi connectivity index (χ4v) is 3.13. The number of hydrogen-bond donors (Lipinski definition) is 1. The fourth-order valence-electron chi connectivity index (χ4n) is 3.00. The molecule has 0 saturated heterocycles. The minimum atomic E-state index is -4.43. The standard InChI is InChI=1S/C23H24Cl2F3NO3/c1-3-18-15(2)19(32-14-11-21(24)25)9-10-20(18)31-13-4-12-29-22(30)16-5-7-17(8-6-16)23(26,27)28/h5-11H,3-4,12-14H2,1-2H3,(H,29,30). The second-order valence-corrected chi connectivity index (χ2v) is 7.86. The Kier molecular flexibility index (Phi) is 9.72. The zero-order chi connectivity index (χ0) is 23.7. The summed E-state index contributed by atoms with van der Waals surface area (Å²) in [5, 5.41) is 2.68. The number of ether oxygens (including phenoxy) is 2. The molecule has 9 heteroatoms. The van der Waals surface area contributed by atoms with Crippen molar-refractivity contribution in [1.29, 1.82) is 0 Å². The fraction of sp³-hybridized carbons (Fsp3) is 0.348. The number of rotatable bonds is 10. The lowest BCUT2D eigenvalue weighted by Crippen LogP contribution is -2.25. The van der Waals surface area contributed by atoms with Gasteiger partial charge in [0, 0.05) is 17.7 Å². The van der Waals surface area contributed by atoms with Crippen LogP contribution in [-0.4, -0.2) is 25.7 Å². The minimum absolute atomic E-state index is 0.142. The highest BCUT2D eigenvalue weighted by Gasteiger charge is 2.30. The van der Waals surface area contributed by atoms with Crippen LogP contribution >= 0.6 is 23.2 Å². The molecule has 0 unspecified atom stereocenters. The van der Waals surface area contributed by atoms with Gasteiger partial charge in [0.25, 0.3) is 5.91 Å². The van der Waals surface area contributed by atoms with E-state index in [1.807, 2.05) is 26.0 Å². The van der Waals surface area contributed by atoms with Gasteiger partial charge in [-0.1, -0.05) is 30.1 Å². The van der Waals surface area contributed by atoms with Crippen LogP contribution in [0.1, 0.15) is 40.4 Å². The molecular formula is C23H24Cl2F3NO3. The molecule has 0 aliphatic heterocycles. The van der Waals surface area contributed by atoms with Crippen molar-refractivity contribution in [1.82, 2.24) is 5.32 Å². The molecule has 0 atom stereocenters. The van der Waals surface area contributed by atoms with E-state index in [2.05, 4.69) is 5.32 Å². The first-order valence-electron chi connectivity index (χ1n) is 9.98. The van der Waals surface area contributed by atoms with Crippen LogP contribution in [0.25, 0.3) is 0 Å². The van der Waals surface area contributed by atoms with Gasteiger partial charge in [0.05, 0.1) is 12.2 Å². The summed E-state index contributed by atoms with van der Waals surface area (Å²) in [7, 11) is 0. The van der Waals surface area contributed by atoms with E-state index in [4.69, 9.17) is 32.7 Å². The van der Waals surface area contributed by atoms with Crippen molar-refractivity contribution in [2.24, 2.45) is 0 Å². The van der Waals surface area contributed by atoms with Gasteiger partial charge in [-0.2, -0.15) is 13.2 Å². The van der Waals surface area contributed by atoms with Gasteiger partial charge in [0.1, 0.15) is 22.6 Å². The third-order valence-electron chi connectivity index (χ3n) is 4.67. The molecule has 4 nitrogen and oxygen atoms in total. The maximum absolute atomic E-state index is 12.6. The Labute approximate surface area is 195 Å². The molecule has 0 saturated carbocycles. The Morgan fingerprint density at radius 1 is 1.06 bits per heavy atom. The maximum Gasteiger partial charge on any atom is 0.416 e. The van der Waals surface area contributed by atoms with E-state index in [1.165, 1.54) is 0 Å². The number of carbonyl (C=O) groups excluding carboxylic acids is 1. The number of halogens is 5. The SMILES string of the molecule is CCc1c(OCCCNC(=O)c2ccc(C(F)(F)F)cc2)ccc(OCC=C(Cl)Cl)c1C. The predicted molar refractivity (Wildman–Crippen MR) is 120 cm³/mol. The molecule has 0 fully saturated rings. The lowest BCUT2D eigenvalue weighted by atomic mass is 10.0. The summed E-state index contributed by atoms with van der Waals surface area (Å²) in [6.07, 6.45) is -1.60. The molecule has 0 aliphatic carbocycles. The zero-order valence-electron chi connectivity index (χ0n) is 17.7. The summed E-state index contributed by atoms with van der Waals surface area (Å²) in [4.78, 5) is 12.1. The van der Waals surface area contributed by atoms with Crippen molar-refractivity contribution in [3.63, 3.8) is 0 Å². The first kappa shape index (κ1) is 25.9. The number of benzene rings is 2. The molecule has 1 amide bonds. The Morgan fingerprint density at radius 2 is 1.72 bits per heavy atom. The summed E-state index contributed by atoms with van der Waals surface area (Å²) < 4.78 is 49.5. The van der Waals surface area contributed by atoms with Crippen LogP contribution in [0, 0.1) is 6.92 Å². The molecular weight excluding hydrogens is 466 g/mol. The Balaban J connectivity index is 1.83. The number of hydrogen-bond acceptors (Lipinski definition) is 3. The van der Waals surface area contributed by atoms with Crippen LogP contribution in [-0.2, 0) is 12.6 Å². The van der Waals surface area contributed by atoms with Gasteiger partial charge in [-0.3, -0.25) is 4.79 Å². The molecule has 0 spiro atoms. The van der Waals surface area contributed by atoms with Gasteiger partial charge in [-0.05, 0) is 67.8 Å². The normalized spacial score (nSPS) is 11.1. The van der Waals surface area contributed by atoms with Crippen LogP contribution in [0.2, 0.25) is 0 Å². The van der Waals surface area contributed by atoms with Crippen LogP contribution in [0.4, 0.5) is 13.2 Å². The van der Waals surface area contributed by atoms with Crippen molar-refractivity contribution in [2.75, 3.05) is 19.8 Å². The molecule has 2 aromatic rings. The molecule has 0 aromatic heterocycles. The van der Waals surface area contributed by atoms with Crippen molar-refractivity contribution >= 4 is 29.1 Å². The van der Waals surface area contributed by atoms with E-state index in [0.29, 0.717) is 25.3 Å². The van der Waals surface area contributed by atoms with Crippen LogP contribution in [0.3, 0.4) is 0 Å². The smallest absolute Gasteiger partial charge is 0.416 e. The van der Waals surface area contributed by atoms with Gasteiger partial charge in [-0.25, -0.2) is 0 Å². The largest absolute Gasteiger partial charge is 0.493 e. The van der Waals surface area contributed by atoms with E-state index in [0.717, 1.165) is 47.6 Å². The highest BCUT2D eigenvalue weighted by atomic mass is 35.5. The molecule has 2 aromatic carbocycles. The van der Waals surface area contributed by atoms with Crippen LogP contribution in [0.5, 0.6) is 11.5 Å². The summed E-state index contributed by atoms with van der Waals surface area (Å²) in [6.45, 7) is 4.90. The number of carbonyl (C=O) groups is 1. The molecule has 0 aliphatic rings. The second-order valence-electron chi connectivity index (χ2n) is 6.86. The highest BCUT2D eigenvalue weighted by molar-refractivity contribution is 6.55. The van der Waals surface area contributed by atoms with Crippen molar-refractivity contribution in [3.8, 4) is 11.5 Å². The lowest BCUT2D eigenvalue weighted by molar-refractivity contribution is -0.137. The molecule has 0 radical (unpaired) electrons. The Bertz CT molecular complexity index is 941. The molecule has 32 heavy (non-hydrogen) atoms. The summed E-state index contributed by atoms with van der Waals surface area (Å²) in [5.74, 6) is 1.01. The van der Waals surface area contributed by atoms with E-state index < -0.39 is 17.6 Å². The topological polar surface area (TPSA) is 47.6 Å². The average molecular weight is 490 g/mol. The van der Waals surface area contributed by atoms with Crippen molar-refractivity contribution in [3.05, 3.63) is 69.2 Å². The molecule has 1 N–H and O–H groups in total. The molecule has 0 bridgehead atoms. The predicted octanol–water partition coefficient (Wildman–Crippen LogP) is 6.47. The van der Waals surface area contributed by atoms with E-state index >= 15 is 0 Å². The van der Waals surface area contributed by atoms with Crippen molar-refractivity contribution in [2.45, 2.75) is 32.9 Å². The van der Waals surface area contributed by atoms with Crippen LogP contribution in [0.15, 0.2) is 47.0 Å². The number of amides is 1. The van der Waals surface area contributed by atoms with E-state index in [1.54, 1.807) is 6.08 Å². The third-order valence-corrected chi connectivity index (χ3v) is 4.98.